The van der Waals surface area contributed by atoms with Crippen LogP contribution in [0.4, 0.5) is 0 Å². The number of phenols is 3. The molecule has 52 heavy (non-hydrogen) atoms. The Morgan fingerprint density at radius 1 is 0.462 bits per heavy atom. The van der Waals surface area contributed by atoms with Gasteiger partial charge in [-0.2, -0.15) is 0 Å². The molecule has 9 heteroatoms. The second-order valence-electron chi connectivity index (χ2n) is 15.5. The molecule has 0 amide bonds. The van der Waals surface area contributed by atoms with E-state index in [1.54, 1.807) is 40.2 Å². The van der Waals surface area contributed by atoms with E-state index in [4.69, 9.17) is 9.47 Å². The van der Waals surface area contributed by atoms with E-state index < -0.39 is 35.1 Å². The lowest BCUT2D eigenvalue weighted by Crippen LogP contribution is -2.27. The predicted octanol–water partition coefficient (Wildman–Crippen LogP) is 7.17. The van der Waals surface area contributed by atoms with Crippen molar-refractivity contribution in [3.8, 4) is 17.2 Å². The lowest BCUT2D eigenvalue weighted by molar-refractivity contribution is 0.177. The van der Waals surface area contributed by atoms with Crippen molar-refractivity contribution in [2.24, 2.45) is 0 Å². The van der Waals surface area contributed by atoms with E-state index >= 15 is 0 Å². The zero-order chi connectivity index (χ0) is 38.9. The number of hydrogen-bond donors (Lipinski definition) is 7. The summed E-state index contributed by atoms with van der Waals surface area (Å²) in [6.45, 7) is 15.2. The molecule has 0 heterocycles. The molecule has 0 saturated carbocycles. The minimum atomic E-state index is -0.976. The van der Waals surface area contributed by atoms with Crippen LogP contribution in [0, 0.1) is 0 Å². The SMILES string of the molecule is COCc1cc(C(C)(C)c2cc(C(C)(C)c3cc(CO)c(O)c(C(C)O)c3)cc(C(C)(C)c3cc(COC)c(O)c(C(C)O)c3)c2)cc(CO)c1O. The van der Waals surface area contributed by atoms with Crippen LogP contribution in [0.15, 0.2) is 54.6 Å². The summed E-state index contributed by atoms with van der Waals surface area (Å²) in [4.78, 5) is 0. The van der Waals surface area contributed by atoms with Gasteiger partial charge in [-0.15, -0.1) is 0 Å². The van der Waals surface area contributed by atoms with Crippen molar-refractivity contribution in [3.05, 3.63) is 121 Å². The maximum absolute atomic E-state index is 11.0. The second-order valence-corrected chi connectivity index (χ2v) is 15.5. The van der Waals surface area contributed by atoms with Gasteiger partial charge < -0.3 is 45.2 Å². The third-order valence-electron chi connectivity index (χ3n) is 10.8. The molecule has 0 aliphatic heterocycles. The maximum Gasteiger partial charge on any atom is 0.126 e. The van der Waals surface area contributed by atoms with E-state index in [1.165, 1.54) is 0 Å². The van der Waals surface area contributed by atoms with Crippen molar-refractivity contribution in [3.63, 3.8) is 0 Å². The summed E-state index contributed by atoms with van der Waals surface area (Å²) in [6, 6.07) is 17.4. The Kier molecular flexibility index (Phi) is 12.2. The fraction of sp³-hybridized carbons (Fsp3) is 0.442. The van der Waals surface area contributed by atoms with Crippen LogP contribution in [0.3, 0.4) is 0 Å². The number of methoxy groups -OCH3 is 2. The molecule has 4 aromatic rings. The van der Waals surface area contributed by atoms with Crippen LogP contribution in [0.2, 0.25) is 0 Å². The number of aliphatic hydroxyl groups is 4. The number of hydrogen-bond acceptors (Lipinski definition) is 9. The molecule has 0 aliphatic carbocycles. The zero-order valence-corrected chi connectivity index (χ0v) is 32.1. The Balaban J connectivity index is 2.09. The van der Waals surface area contributed by atoms with Gasteiger partial charge in [0.05, 0.1) is 38.6 Å². The largest absolute Gasteiger partial charge is 0.507 e. The molecule has 9 nitrogen and oxygen atoms in total. The lowest BCUT2D eigenvalue weighted by Gasteiger charge is -2.36. The van der Waals surface area contributed by atoms with Crippen molar-refractivity contribution in [2.45, 2.75) is 110 Å². The fourth-order valence-corrected chi connectivity index (χ4v) is 6.90. The van der Waals surface area contributed by atoms with Gasteiger partial charge in [0.1, 0.15) is 17.2 Å². The smallest absolute Gasteiger partial charge is 0.126 e. The highest BCUT2D eigenvalue weighted by molar-refractivity contribution is 5.56. The van der Waals surface area contributed by atoms with Gasteiger partial charge in [0.2, 0.25) is 0 Å². The highest BCUT2D eigenvalue weighted by atomic mass is 16.5. The van der Waals surface area contributed by atoms with E-state index in [-0.39, 0.29) is 37.1 Å². The first-order valence-electron chi connectivity index (χ1n) is 17.6. The number of rotatable bonds is 14. The van der Waals surface area contributed by atoms with Crippen LogP contribution >= 0.6 is 0 Å². The van der Waals surface area contributed by atoms with Crippen LogP contribution < -0.4 is 0 Å². The van der Waals surface area contributed by atoms with Gasteiger partial charge in [0.25, 0.3) is 0 Å². The summed E-state index contributed by atoms with van der Waals surface area (Å²) in [5.74, 6) is -0.150. The van der Waals surface area contributed by atoms with Crippen LogP contribution in [0.25, 0.3) is 0 Å². The van der Waals surface area contributed by atoms with E-state index in [9.17, 15) is 35.7 Å². The minimum absolute atomic E-state index is 0.00495. The van der Waals surface area contributed by atoms with Gasteiger partial charge in [-0.1, -0.05) is 59.7 Å². The van der Waals surface area contributed by atoms with Crippen molar-refractivity contribution in [1.82, 2.24) is 0 Å². The van der Waals surface area contributed by atoms with E-state index in [0.717, 1.165) is 33.4 Å². The molecule has 0 bridgehead atoms. The first-order valence-corrected chi connectivity index (χ1v) is 17.6. The summed E-state index contributed by atoms with van der Waals surface area (Å²) in [7, 11) is 3.10. The monoisotopic (exact) mass is 716 g/mol. The quantitative estimate of drug-likeness (QED) is 0.0718. The molecule has 7 N–H and O–H groups in total. The molecule has 0 spiro atoms. The standard InChI is InChI=1S/C43H56O9/c1-24(46)36-18-31(12-27(21-45)39(36)49)42(5,6)34-15-33(41(3,4)30-11-26(20-44)38(48)28(13-30)22-51-9)16-35(17-34)43(7,8)32-14-29(23-52-10)40(50)37(19-32)25(2)47/h11-19,24-25,44-50H,20-23H2,1-10H3. The normalized spacial score (nSPS) is 13.7. The van der Waals surface area contributed by atoms with Crippen molar-refractivity contribution in [2.75, 3.05) is 14.2 Å². The number of aliphatic hydroxyl groups excluding tert-OH is 4. The topological polar surface area (TPSA) is 160 Å². The summed E-state index contributed by atoms with van der Waals surface area (Å²) < 4.78 is 10.8. The Bertz CT molecular complexity index is 1900. The third-order valence-corrected chi connectivity index (χ3v) is 10.8. The molecule has 0 aliphatic rings. The minimum Gasteiger partial charge on any atom is -0.507 e. The zero-order valence-electron chi connectivity index (χ0n) is 32.1. The average Bonchev–Trinajstić information content (AvgIpc) is 3.09. The van der Waals surface area contributed by atoms with Gasteiger partial charge in [-0.3, -0.25) is 0 Å². The number of phenolic OH excluding ortho intramolecular Hbond substituents is 1. The van der Waals surface area contributed by atoms with E-state index in [2.05, 4.69) is 59.7 Å². The molecular formula is C43H56O9. The molecule has 0 fully saturated rings. The molecule has 4 rings (SSSR count). The fourth-order valence-electron chi connectivity index (χ4n) is 6.90. The lowest BCUT2D eigenvalue weighted by atomic mass is 9.68. The summed E-state index contributed by atoms with van der Waals surface area (Å²) in [5.41, 5.74) is 5.72. The first-order chi connectivity index (χ1) is 24.3. The molecule has 0 saturated heterocycles. The number of benzene rings is 4. The third kappa shape index (κ3) is 7.71. The summed E-state index contributed by atoms with van der Waals surface area (Å²) in [5, 5.41) is 74.3. The van der Waals surface area contributed by atoms with Gasteiger partial charge in [-0.25, -0.2) is 0 Å². The van der Waals surface area contributed by atoms with Crippen LogP contribution in [-0.2, 0) is 52.1 Å². The van der Waals surface area contributed by atoms with Crippen molar-refractivity contribution < 1.29 is 45.2 Å². The molecule has 282 valence electrons. The molecule has 0 radical (unpaired) electrons. The Hall–Kier alpha value is -3.96. The number of ether oxygens (including phenoxy) is 2. The summed E-state index contributed by atoms with van der Waals surface area (Å²) >= 11 is 0. The Labute approximate surface area is 307 Å². The molecule has 4 aromatic carbocycles. The number of aromatic hydroxyl groups is 3. The van der Waals surface area contributed by atoms with Crippen molar-refractivity contribution in [1.29, 1.82) is 0 Å². The van der Waals surface area contributed by atoms with E-state index in [0.29, 0.717) is 33.4 Å². The molecular weight excluding hydrogens is 660 g/mol. The Morgan fingerprint density at radius 2 is 0.731 bits per heavy atom. The van der Waals surface area contributed by atoms with Crippen molar-refractivity contribution >= 4 is 0 Å². The van der Waals surface area contributed by atoms with Gasteiger partial charge in [0.15, 0.2) is 0 Å². The van der Waals surface area contributed by atoms with Crippen LogP contribution in [0.1, 0.15) is 134 Å². The highest BCUT2D eigenvalue weighted by Gasteiger charge is 2.35. The Morgan fingerprint density at radius 3 is 1.06 bits per heavy atom. The average molecular weight is 717 g/mol. The van der Waals surface area contributed by atoms with Gasteiger partial charge in [0, 0.05) is 63.8 Å². The molecule has 0 aromatic heterocycles. The van der Waals surface area contributed by atoms with Gasteiger partial charge in [-0.05, 0) is 83.6 Å². The van der Waals surface area contributed by atoms with Crippen LogP contribution in [0.5, 0.6) is 17.2 Å². The van der Waals surface area contributed by atoms with Gasteiger partial charge >= 0.3 is 0 Å². The molecule has 2 atom stereocenters. The second kappa shape index (κ2) is 15.6. The summed E-state index contributed by atoms with van der Waals surface area (Å²) in [6.07, 6.45) is -1.91. The highest BCUT2D eigenvalue weighted by Crippen LogP contribution is 2.45. The predicted molar refractivity (Wildman–Crippen MR) is 202 cm³/mol. The van der Waals surface area contributed by atoms with E-state index in [1.807, 2.05) is 24.3 Å². The maximum atomic E-state index is 11.0. The first kappa shape index (κ1) is 40.8. The van der Waals surface area contributed by atoms with Crippen LogP contribution in [-0.4, -0.2) is 50.0 Å². The molecule has 2 unspecified atom stereocenters.